The van der Waals surface area contributed by atoms with E-state index in [1.54, 1.807) is 11.8 Å². The van der Waals surface area contributed by atoms with Gasteiger partial charge < -0.3 is 0 Å². The van der Waals surface area contributed by atoms with Crippen LogP contribution in [0.15, 0.2) is 0 Å². The van der Waals surface area contributed by atoms with Gasteiger partial charge in [0.05, 0.1) is 8.30 Å². The lowest BCUT2D eigenvalue weighted by Crippen LogP contribution is -1.25. The molecule has 0 spiro atoms. The van der Waals surface area contributed by atoms with Crippen LogP contribution in [0.2, 0.25) is 0 Å². The molecule has 0 radical (unpaired) electrons. The number of hydrogen-bond donors (Lipinski definition) is 0. The first-order valence-electron chi connectivity index (χ1n) is 2.55. The van der Waals surface area contributed by atoms with Gasteiger partial charge in [0.25, 0.3) is 0 Å². The first kappa shape index (κ1) is 1.76. The van der Waals surface area contributed by atoms with Crippen LogP contribution in [0.3, 0.4) is 0 Å². The molecular weight excluding hydrogens is 66.9 g/mol. The van der Waals surface area contributed by atoms with Crippen LogP contribution in [0.1, 0.15) is 0 Å². The van der Waals surface area contributed by atoms with Crippen molar-refractivity contribution in [1.29, 1.82) is 4.01 Å². The Balaban J connectivity index is 0. The van der Waals surface area contributed by atoms with E-state index < -0.39 is 8.30 Å². The summed E-state index contributed by atoms with van der Waals surface area (Å²) in [5.74, 6) is 0. The molecule has 0 fully saturated rings. The van der Waals surface area contributed by atoms with Crippen LogP contribution in [0.5, 0.6) is 0 Å². The fraction of sp³-hybridized carbons (Fsp3) is 1.00. The number of thioether (sulfide) groups is 1. The molecule has 0 atom stereocenters. The Morgan fingerprint density at radius 3 is 2.00 bits per heavy atom. The monoisotopic (exact) mass is 79.1 g/mol. The first-order valence-corrected chi connectivity index (χ1v) is 2.45. The van der Waals surface area contributed by atoms with Gasteiger partial charge >= 0.3 is 0 Å². The van der Waals surface area contributed by atoms with Gasteiger partial charge in [-0.05, 0) is 16.5 Å². The maximum Gasteiger partial charge on any atom is 0.0814 e. The summed E-state index contributed by atoms with van der Waals surface area (Å²) in [6.07, 6.45) is 4.08. The average molecular weight is 79.0 g/mol. The van der Waals surface area contributed by atoms with Gasteiger partial charge in [-0.3, -0.25) is 0 Å². The molecular formula is C2H9BS. The van der Waals surface area contributed by atoms with Gasteiger partial charge in [-0.25, -0.2) is 0 Å². The Kier molecular flexibility index (Phi) is 4.37. The highest BCUT2D eigenvalue weighted by molar-refractivity contribution is 7.97. The SMILES string of the molecule is CSC.[2H]B([2H])[2H]. The molecule has 0 nitrogen and oxygen atoms in total. The van der Waals surface area contributed by atoms with E-state index in [2.05, 4.69) is 0 Å². The van der Waals surface area contributed by atoms with Crippen molar-refractivity contribution in [1.82, 2.24) is 0 Å². The largest absolute Gasteiger partial charge is 0.169 e. The topological polar surface area (TPSA) is 0 Å². The molecule has 2 heteroatoms. The summed E-state index contributed by atoms with van der Waals surface area (Å²) >= 11 is 1.75. The van der Waals surface area contributed by atoms with E-state index in [0.29, 0.717) is 0 Å². The van der Waals surface area contributed by atoms with Crippen LogP contribution in [-0.4, -0.2) is 24.8 Å². The summed E-state index contributed by atoms with van der Waals surface area (Å²) in [5.41, 5.74) is 0. The smallest absolute Gasteiger partial charge is 0.0814 e. The predicted molar refractivity (Wildman–Crippen MR) is 29.4 cm³/mol. The van der Waals surface area contributed by atoms with Gasteiger partial charge in [-0.1, -0.05) is 0 Å². The Morgan fingerprint density at radius 1 is 2.00 bits per heavy atom. The van der Waals surface area contributed by atoms with E-state index in [0.717, 1.165) is 0 Å². The van der Waals surface area contributed by atoms with E-state index >= 15 is 0 Å². The fourth-order valence-corrected chi connectivity index (χ4v) is 0. The zero-order chi connectivity index (χ0) is 6.28. The van der Waals surface area contributed by atoms with Crippen LogP contribution >= 0.6 is 11.8 Å². The van der Waals surface area contributed by atoms with Gasteiger partial charge in [0.1, 0.15) is 0 Å². The Hall–Kier alpha value is 0.415. The Morgan fingerprint density at radius 2 is 2.00 bits per heavy atom. The highest BCUT2D eigenvalue weighted by atomic mass is 32.2. The van der Waals surface area contributed by atoms with Crippen LogP contribution in [0.4, 0.5) is 0 Å². The molecule has 0 bridgehead atoms. The maximum atomic E-state index is 5.92. The molecule has 0 aliphatic heterocycles. The van der Waals surface area contributed by atoms with Crippen molar-refractivity contribution in [3.05, 3.63) is 0 Å². The average Bonchev–Trinajstić information content (AvgIpc) is 1.33. The molecule has 26 valence electrons. The maximum absolute atomic E-state index is 5.92. The zero-order valence-corrected chi connectivity index (χ0v) is 3.80. The molecule has 0 aromatic heterocycles. The lowest BCUT2D eigenvalue weighted by Gasteiger charge is -1.51. The summed E-state index contributed by atoms with van der Waals surface area (Å²) in [4.78, 5) is 0. The number of rotatable bonds is 0. The molecule has 4 heavy (non-hydrogen) atoms. The van der Waals surface area contributed by atoms with Gasteiger partial charge in [0.15, 0.2) is 0 Å². The summed E-state index contributed by atoms with van der Waals surface area (Å²) in [7, 11) is -1.42. The van der Waals surface area contributed by atoms with Crippen molar-refractivity contribution in [3.63, 3.8) is 0 Å². The molecule has 0 aliphatic carbocycles. The third-order valence-electron chi connectivity index (χ3n) is 0. The molecule has 0 N–H and O–H groups in total. The second-order valence-corrected chi connectivity index (χ2v) is 1.22. The summed E-state index contributed by atoms with van der Waals surface area (Å²) in [6, 6.07) is 0. The normalized spacial score (nSPS) is 12.0. The van der Waals surface area contributed by atoms with Crippen molar-refractivity contribution in [2.24, 2.45) is 0 Å². The molecule has 0 aromatic carbocycles. The van der Waals surface area contributed by atoms with Gasteiger partial charge in [0.2, 0.25) is 0 Å². The second-order valence-electron chi connectivity index (χ2n) is 0.408. The second kappa shape index (κ2) is 9.95. The van der Waals surface area contributed by atoms with Crippen molar-refractivity contribution in [2.75, 3.05) is 12.5 Å². The zero-order valence-electron chi connectivity index (χ0n) is 5.99. The minimum Gasteiger partial charge on any atom is -0.169 e. The van der Waals surface area contributed by atoms with Gasteiger partial charge in [0, 0.05) is 0 Å². The predicted octanol–water partition coefficient (Wildman–Crippen LogP) is -0.205. The van der Waals surface area contributed by atoms with Gasteiger partial charge in [-0.2, -0.15) is 11.8 Å². The highest BCUT2D eigenvalue weighted by Gasteiger charge is 1.32. The summed E-state index contributed by atoms with van der Waals surface area (Å²) < 4.78 is 17.8. The quantitative estimate of drug-likeness (QED) is 0.362. The van der Waals surface area contributed by atoms with Crippen LogP contribution < -0.4 is 0 Å². The van der Waals surface area contributed by atoms with E-state index in [-0.39, 0.29) is 0 Å². The van der Waals surface area contributed by atoms with E-state index in [4.69, 9.17) is 4.01 Å². The molecule has 0 aliphatic rings. The van der Waals surface area contributed by atoms with Crippen LogP contribution in [0, 0.1) is 0 Å². The van der Waals surface area contributed by atoms with E-state index in [9.17, 15) is 0 Å². The highest BCUT2D eigenvalue weighted by Crippen LogP contribution is 1.70. The van der Waals surface area contributed by atoms with Crippen LogP contribution in [-0.2, 0) is 0 Å². The molecule has 0 saturated heterocycles. The molecule has 0 saturated carbocycles. The lowest BCUT2D eigenvalue weighted by atomic mass is 10.8. The summed E-state index contributed by atoms with van der Waals surface area (Å²) in [6.45, 7) is 0. The number of hydrogen-bond acceptors (Lipinski definition) is 1. The molecule has 0 heterocycles. The fourth-order valence-electron chi connectivity index (χ4n) is 0. The summed E-state index contributed by atoms with van der Waals surface area (Å²) in [5, 5.41) is 0. The minimum atomic E-state index is -1.42. The van der Waals surface area contributed by atoms with Crippen molar-refractivity contribution in [3.8, 4) is 0 Å². The van der Waals surface area contributed by atoms with Crippen molar-refractivity contribution >= 4 is 20.1 Å². The third-order valence-corrected chi connectivity index (χ3v) is 0. The van der Waals surface area contributed by atoms with Gasteiger partial charge in [-0.15, -0.1) is 0 Å². The molecule has 0 amide bonds. The van der Waals surface area contributed by atoms with Crippen molar-refractivity contribution in [2.45, 2.75) is 0 Å². The minimum absolute atomic E-state index is 1.42. The van der Waals surface area contributed by atoms with E-state index in [1.807, 2.05) is 12.5 Å². The Bertz CT molecular complexity index is 24.1. The van der Waals surface area contributed by atoms with Crippen LogP contribution in [0.25, 0.3) is 0 Å². The standard InChI is InChI=1S/C2H6S.BH3/c1-3-2;/h1-2H3;1H3/i;1D3. The molecule has 0 aromatic rings. The molecule has 0 unspecified atom stereocenters. The third kappa shape index (κ3) is 28.1. The molecule has 0 rings (SSSR count). The first-order chi connectivity index (χ1) is 3.15. The van der Waals surface area contributed by atoms with Crippen molar-refractivity contribution < 1.29 is 0 Å². The Labute approximate surface area is 37.6 Å². The lowest BCUT2D eigenvalue weighted by molar-refractivity contribution is 2.37. The van der Waals surface area contributed by atoms with E-state index in [1.165, 1.54) is 0 Å².